The number of carbonyl (C=O) groups excluding carboxylic acids is 1. The number of hydrogen-bond donors (Lipinski definition) is 1. The molecule has 0 unspecified atom stereocenters. The van der Waals surface area contributed by atoms with Gasteiger partial charge in [0, 0.05) is 57.2 Å². The van der Waals surface area contributed by atoms with Gasteiger partial charge in [0.25, 0.3) is 0 Å². The summed E-state index contributed by atoms with van der Waals surface area (Å²) in [6.45, 7) is 8.23. The zero-order chi connectivity index (χ0) is 17.8. The normalized spacial score (nSPS) is 26.9. The molecule has 1 atom stereocenters. The molecule has 4 rings (SSSR count). The lowest BCUT2D eigenvalue weighted by atomic mass is 9.92. The predicted molar refractivity (Wildman–Crippen MR) is 98.6 cm³/mol. The second-order valence-electron chi connectivity index (χ2n) is 7.86. The van der Waals surface area contributed by atoms with Gasteiger partial charge in [0.15, 0.2) is 0 Å². The molecule has 3 aliphatic rings. The van der Waals surface area contributed by atoms with Crippen molar-refractivity contribution in [1.82, 2.24) is 24.7 Å². The van der Waals surface area contributed by atoms with Crippen molar-refractivity contribution in [1.29, 1.82) is 0 Å². The van der Waals surface area contributed by atoms with E-state index in [1.165, 1.54) is 18.5 Å². The summed E-state index contributed by atoms with van der Waals surface area (Å²) in [4.78, 5) is 27.3. The number of nitrogens with zero attached hydrogens (tertiary/aromatic N) is 4. The summed E-state index contributed by atoms with van der Waals surface area (Å²) in [6, 6.07) is 0.633. The molecule has 1 N–H and O–H groups in total. The zero-order valence-electron chi connectivity index (χ0n) is 15.6. The van der Waals surface area contributed by atoms with Crippen molar-refractivity contribution in [3.63, 3.8) is 0 Å². The minimum atomic E-state index is 0.185. The van der Waals surface area contributed by atoms with Crippen molar-refractivity contribution in [3.8, 4) is 0 Å². The molecule has 0 aromatic carbocycles. The average Bonchev–Trinajstić information content (AvgIpc) is 3.22. The van der Waals surface area contributed by atoms with Crippen molar-refractivity contribution in [2.24, 2.45) is 5.92 Å². The number of ether oxygens (including phenoxy) is 1. The highest BCUT2D eigenvalue weighted by Gasteiger charge is 2.33. The fourth-order valence-electron chi connectivity index (χ4n) is 4.64. The maximum absolute atomic E-state index is 12.8. The van der Waals surface area contributed by atoms with Crippen LogP contribution in [0.5, 0.6) is 0 Å². The monoisotopic (exact) mass is 361 g/mol. The molecule has 3 saturated heterocycles. The van der Waals surface area contributed by atoms with Crippen LogP contribution in [0, 0.1) is 5.92 Å². The van der Waals surface area contributed by atoms with Crippen LogP contribution in [-0.4, -0.2) is 89.1 Å². The third-order valence-electron chi connectivity index (χ3n) is 6.15. The van der Waals surface area contributed by atoms with Crippen molar-refractivity contribution in [2.75, 3.05) is 52.5 Å². The van der Waals surface area contributed by atoms with Crippen LogP contribution >= 0.6 is 0 Å². The summed E-state index contributed by atoms with van der Waals surface area (Å²) >= 11 is 0. The summed E-state index contributed by atoms with van der Waals surface area (Å²) < 4.78 is 5.39. The van der Waals surface area contributed by atoms with Gasteiger partial charge in [0.2, 0.25) is 5.91 Å². The van der Waals surface area contributed by atoms with Gasteiger partial charge in [0.05, 0.1) is 25.5 Å². The molecule has 7 nitrogen and oxygen atoms in total. The summed E-state index contributed by atoms with van der Waals surface area (Å²) in [5.41, 5.74) is 1.19. The SMILES string of the molecule is O=C([C@@H]1CCCN(C2CCN(Cc3cnc[nH]3)CC2)C1)N1CCOCC1. The number of carbonyl (C=O) groups is 1. The molecule has 1 aromatic rings. The van der Waals surface area contributed by atoms with E-state index >= 15 is 0 Å². The molecule has 0 bridgehead atoms. The minimum absolute atomic E-state index is 0.185. The molecule has 0 spiro atoms. The molecule has 3 fully saturated rings. The highest BCUT2D eigenvalue weighted by atomic mass is 16.5. The van der Waals surface area contributed by atoms with Gasteiger partial charge in [-0.2, -0.15) is 0 Å². The molecular formula is C19H31N5O2. The van der Waals surface area contributed by atoms with E-state index in [1.54, 1.807) is 6.33 Å². The Hall–Kier alpha value is -1.44. The third-order valence-corrected chi connectivity index (χ3v) is 6.15. The van der Waals surface area contributed by atoms with Gasteiger partial charge >= 0.3 is 0 Å². The van der Waals surface area contributed by atoms with Crippen molar-refractivity contribution < 1.29 is 9.53 Å². The van der Waals surface area contributed by atoms with Crippen LogP contribution < -0.4 is 0 Å². The highest BCUT2D eigenvalue weighted by molar-refractivity contribution is 5.79. The minimum Gasteiger partial charge on any atom is -0.378 e. The Kier molecular flexibility index (Phi) is 5.87. The largest absolute Gasteiger partial charge is 0.378 e. The smallest absolute Gasteiger partial charge is 0.227 e. The number of morpholine rings is 1. The number of H-pyrrole nitrogens is 1. The second kappa shape index (κ2) is 8.50. The number of amides is 1. The van der Waals surface area contributed by atoms with E-state index in [0.717, 1.165) is 58.7 Å². The van der Waals surface area contributed by atoms with E-state index in [9.17, 15) is 4.79 Å². The Morgan fingerprint density at radius 1 is 1.15 bits per heavy atom. The molecule has 3 aliphatic heterocycles. The molecule has 1 aromatic heterocycles. The van der Waals surface area contributed by atoms with Crippen LogP contribution in [0.25, 0.3) is 0 Å². The fraction of sp³-hybridized carbons (Fsp3) is 0.789. The van der Waals surface area contributed by atoms with Crippen LogP contribution in [0.2, 0.25) is 0 Å². The molecule has 144 valence electrons. The van der Waals surface area contributed by atoms with Crippen molar-refractivity contribution in [2.45, 2.75) is 38.3 Å². The first-order chi connectivity index (χ1) is 12.8. The van der Waals surface area contributed by atoms with E-state index in [4.69, 9.17) is 4.74 Å². The number of piperidine rings is 2. The number of imidazole rings is 1. The highest BCUT2D eigenvalue weighted by Crippen LogP contribution is 2.25. The fourth-order valence-corrected chi connectivity index (χ4v) is 4.64. The lowest BCUT2D eigenvalue weighted by Crippen LogP contribution is -2.52. The van der Waals surface area contributed by atoms with E-state index in [0.29, 0.717) is 25.2 Å². The lowest BCUT2D eigenvalue weighted by molar-refractivity contribution is -0.142. The van der Waals surface area contributed by atoms with Crippen LogP contribution in [0.3, 0.4) is 0 Å². The Balaban J connectivity index is 1.26. The van der Waals surface area contributed by atoms with E-state index in [1.807, 2.05) is 11.1 Å². The van der Waals surface area contributed by atoms with Gasteiger partial charge in [-0.1, -0.05) is 0 Å². The maximum atomic E-state index is 12.8. The number of likely N-dealkylation sites (tertiary alicyclic amines) is 2. The van der Waals surface area contributed by atoms with Gasteiger partial charge < -0.3 is 14.6 Å². The molecular weight excluding hydrogens is 330 g/mol. The topological polar surface area (TPSA) is 64.7 Å². The maximum Gasteiger partial charge on any atom is 0.227 e. The van der Waals surface area contributed by atoms with E-state index in [2.05, 4.69) is 19.8 Å². The Morgan fingerprint density at radius 2 is 1.96 bits per heavy atom. The van der Waals surface area contributed by atoms with Crippen LogP contribution in [0.1, 0.15) is 31.4 Å². The number of aromatic nitrogens is 2. The summed E-state index contributed by atoms with van der Waals surface area (Å²) in [6.07, 6.45) is 8.26. The number of rotatable bonds is 4. The van der Waals surface area contributed by atoms with E-state index < -0.39 is 0 Å². The van der Waals surface area contributed by atoms with Crippen LogP contribution in [0.15, 0.2) is 12.5 Å². The van der Waals surface area contributed by atoms with Gasteiger partial charge in [-0.3, -0.25) is 14.6 Å². The van der Waals surface area contributed by atoms with Crippen molar-refractivity contribution >= 4 is 5.91 Å². The van der Waals surface area contributed by atoms with Gasteiger partial charge in [-0.15, -0.1) is 0 Å². The van der Waals surface area contributed by atoms with Crippen molar-refractivity contribution in [3.05, 3.63) is 18.2 Å². The Morgan fingerprint density at radius 3 is 2.69 bits per heavy atom. The van der Waals surface area contributed by atoms with Gasteiger partial charge in [-0.25, -0.2) is 4.98 Å². The van der Waals surface area contributed by atoms with E-state index in [-0.39, 0.29) is 5.92 Å². The summed E-state index contributed by atoms with van der Waals surface area (Å²) in [7, 11) is 0. The molecule has 0 saturated carbocycles. The van der Waals surface area contributed by atoms with Gasteiger partial charge in [0.1, 0.15) is 0 Å². The number of nitrogens with one attached hydrogen (secondary N) is 1. The molecule has 0 aliphatic carbocycles. The lowest BCUT2D eigenvalue weighted by Gasteiger charge is -2.43. The first kappa shape index (κ1) is 17.9. The quantitative estimate of drug-likeness (QED) is 0.865. The first-order valence-electron chi connectivity index (χ1n) is 10.1. The first-order valence-corrected chi connectivity index (χ1v) is 10.1. The summed E-state index contributed by atoms with van der Waals surface area (Å²) in [5.74, 6) is 0.541. The molecule has 26 heavy (non-hydrogen) atoms. The standard InChI is InChI=1S/C19H31N5O2/c25-19(23-8-10-26-11-9-23)16-2-1-5-24(13-16)18-3-6-22(7-4-18)14-17-12-20-15-21-17/h12,15-16,18H,1-11,13-14H2,(H,20,21)/t16-/m1/s1. The molecule has 7 heteroatoms. The summed E-state index contributed by atoms with van der Waals surface area (Å²) in [5, 5.41) is 0. The Bertz CT molecular complexity index is 564. The Labute approximate surface area is 155 Å². The zero-order valence-corrected chi connectivity index (χ0v) is 15.6. The average molecular weight is 361 g/mol. The molecule has 4 heterocycles. The molecule has 1 amide bonds. The number of hydrogen-bond acceptors (Lipinski definition) is 5. The third kappa shape index (κ3) is 4.27. The van der Waals surface area contributed by atoms with Crippen LogP contribution in [0.4, 0.5) is 0 Å². The van der Waals surface area contributed by atoms with Gasteiger partial charge in [-0.05, 0) is 32.2 Å². The number of aromatic amines is 1. The predicted octanol–water partition coefficient (Wildman–Crippen LogP) is 0.945. The molecule has 0 radical (unpaired) electrons. The second-order valence-corrected chi connectivity index (χ2v) is 7.86. The van der Waals surface area contributed by atoms with Crippen LogP contribution in [-0.2, 0) is 16.1 Å².